The van der Waals surface area contributed by atoms with Crippen molar-refractivity contribution in [3.8, 4) is 5.75 Å². The zero-order chi connectivity index (χ0) is 15.1. The molecule has 116 valence electrons. The number of aliphatic hydroxyl groups is 1. The van der Waals surface area contributed by atoms with Crippen LogP contribution in [-0.2, 0) is 0 Å². The molecule has 1 aromatic rings. The van der Waals surface area contributed by atoms with E-state index in [2.05, 4.69) is 39.0 Å². The van der Waals surface area contributed by atoms with Gasteiger partial charge in [0.05, 0.1) is 12.2 Å². The third-order valence-corrected chi connectivity index (χ3v) is 5.15. The predicted molar refractivity (Wildman–Crippen MR) is 85.7 cm³/mol. The van der Waals surface area contributed by atoms with E-state index >= 15 is 0 Å². The average molecular weight is 288 g/mol. The molecule has 2 aliphatic rings. The third kappa shape index (κ3) is 3.26. The quantitative estimate of drug-likeness (QED) is 0.867. The van der Waals surface area contributed by atoms with Gasteiger partial charge in [-0.2, -0.15) is 0 Å². The SMILES string of the molecule is CC1CC(C)(C)CC(O)(CC2CCOc3ccccc32)C1. The number of hydrogen-bond donors (Lipinski definition) is 1. The lowest BCUT2D eigenvalue weighted by Gasteiger charge is -2.46. The first kappa shape index (κ1) is 14.9. The van der Waals surface area contributed by atoms with E-state index in [0.717, 1.165) is 38.0 Å². The first-order chi connectivity index (χ1) is 9.87. The summed E-state index contributed by atoms with van der Waals surface area (Å²) in [7, 11) is 0. The van der Waals surface area contributed by atoms with E-state index in [4.69, 9.17) is 4.74 Å². The minimum atomic E-state index is -0.518. The van der Waals surface area contributed by atoms with Crippen molar-refractivity contribution in [3.63, 3.8) is 0 Å². The van der Waals surface area contributed by atoms with Crippen LogP contribution >= 0.6 is 0 Å². The maximum atomic E-state index is 11.2. The van der Waals surface area contributed by atoms with Crippen LogP contribution in [0, 0.1) is 11.3 Å². The van der Waals surface area contributed by atoms with Crippen LogP contribution < -0.4 is 4.74 Å². The molecule has 3 atom stereocenters. The van der Waals surface area contributed by atoms with Gasteiger partial charge in [0.1, 0.15) is 5.75 Å². The minimum absolute atomic E-state index is 0.247. The highest BCUT2D eigenvalue weighted by Crippen LogP contribution is 2.49. The Morgan fingerprint density at radius 2 is 2.00 bits per heavy atom. The second-order valence-electron chi connectivity index (χ2n) is 8.15. The van der Waals surface area contributed by atoms with Crippen LogP contribution in [0.5, 0.6) is 5.75 Å². The largest absolute Gasteiger partial charge is 0.493 e. The first-order valence-corrected chi connectivity index (χ1v) is 8.31. The summed E-state index contributed by atoms with van der Waals surface area (Å²) in [5, 5.41) is 11.2. The van der Waals surface area contributed by atoms with Crippen molar-refractivity contribution in [2.75, 3.05) is 6.61 Å². The molecule has 2 heteroatoms. The second kappa shape index (κ2) is 5.31. The van der Waals surface area contributed by atoms with E-state index in [1.807, 2.05) is 6.07 Å². The number of fused-ring (bicyclic) bond motifs is 1. The van der Waals surface area contributed by atoms with Gasteiger partial charge in [0, 0.05) is 0 Å². The molecule has 1 heterocycles. The standard InChI is InChI=1S/C19H28O2/c1-14-10-18(2,3)13-19(20,11-14)12-15-8-9-21-17-7-5-4-6-16(15)17/h4-7,14-15,20H,8-13H2,1-3H3. The number of benzene rings is 1. The molecule has 1 aliphatic heterocycles. The van der Waals surface area contributed by atoms with Gasteiger partial charge in [-0.05, 0) is 61.0 Å². The highest BCUT2D eigenvalue weighted by Gasteiger charge is 2.43. The van der Waals surface area contributed by atoms with E-state index in [-0.39, 0.29) is 5.41 Å². The summed E-state index contributed by atoms with van der Waals surface area (Å²) < 4.78 is 5.76. The van der Waals surface area contributed by atoms with Gasteiger partial charge in [0.15, 0.2) is 0 Å². The molecule has 1 aliphatic carbocycles. The Labute approximate surface area is 128 Å². The van der Waals surface area contributed by atoms with Crippen molar-refractivity contribution in [3.05, 3.63) is 29.8 Å². The number of ether oxygens (including phenoxy) is 1. The molecule has 2 nitrogen and oxygen atoms in total. The Bertz CT molecular complexity index is 508. The molecule has 21 heavy (non-hydrogen) atoms. The van der Waals surface area contributed by atoms with Crippen LogP contribution in [-0.4, -0.2) is 17.3 Å². The fourth-order valence-electron chi connectivity index (χ4n) is 4.94. The van der Waals surface area contributed by atoms with E-state index in [9.17, 15) is 5.11 Å². The van der Waals surface area contributed by atoms with Crippen molar-refractivity contribution >= 4 is 0 Å². The van der Waals surface area contributed by atoms with Crippen LogP contribution in [0.2, 0.25) is 0 Å². The van der Waals surface area contributed by atoms with Gasteiger partial charge in [-0.25, -0.2) is 0 Å². The maximum Gasteiger partial charge on any atom is 0.122 e. The van der Waals surface area contributed by atoms with Gasteiger partial charge in [-0.3, -0.25) is 0 Å². The van der Waals surface area contributed by atoms with Crippen LogP contribution in [0.3, 0.4) is 0 Å². The number of rotatable bonds is 2. The van der Waals surface area contributed by atoms with Crippen LogP contribution in [0.4, 0.5) is 0 Å². The molecule has 1 N–H and O–H groups in total. The Kier molecular flexibility index (Phi) is 3.77. The first-order valence-electron chi connectivity index (χ1n) is 8.31. The van der Waals surface area contributed by atoms with E-state index in [0.29, 0.717) is 11.8 Å². The molecule has 1 saturated carbocycles. The van der Waals surface area contributed by atoms with Crippen molar-refractivity contribution in [1.82, 2.24) is 0 Å². The van der Waals surface area contributed by atoms with Gasteiger partial charge < -0.3 is 9.84 Å². The average Bonchev–Trinajstić information content (AvgIpc) is 2.35. The van der Waals surface area contributed by atoms with Crippen LogP contribution in [0.15, 0.2) is 24.3 Å². The molecule has 0 bridgehead atoms. The minimum Gasteiger partial charge on any atom is -0.493 e. The molecule has 0 radical (unpaired) electrons. The second-order valence-corrected chi connectivity index (χ2v) is 8.15. The normalized spacial score (nSPS) is 34.9. The van der Waals surface area contributed by atoms with Gasteiger partial charge in [0.2, 0.25) is 0 Å². The highest BCUT2D eigenvalue weighted by atomic mass is 16.5. The number of hydrogen-bond acceptors (Lipinski definition) is 2. The Morgan fingerprint density at radius 1 is 1.24 bits per heavy atom. The zero-order valence-corrected chi connectivity index (χ0v) is 13.6. The van der Waals surface area contributed by atoms with Gasteiger partial charge in [0.25, 0.3) is 0 Å². The summed E-state index contributed by atoms with van der Waals surface area (Å²) in [4.78, 5) is 0. The lowest BCUT2D eigenvalue weighted by molar-refractivity contribution is -0.0695. The Hall–Kier alpha value is -1.02. The van der Waals surface area contributed by atoms with Crippen LogP contribution in [0.1, 0.15) is 64.4 Å². The molecule has 0 amide bonds. The van der Waals surface area contributed by atoms with Crippen molar-refractivity contribution in [1.29, 1.82) is 0 Å². The van der Waals surface area contributed by atoms with Gasteiger partial charge in [-0.1, -0.05) is 39.0 Å². The summed E-state index contributed by atoms with van der Waals surface area (Å²) in [5.74, 6) is 2.05. The van der Waals surface area contributed by atoms with Crippen LogP contribution in [0.25, 0.3) is 0 Å². The molecular weight excluding hydrogens is 260 g/mol. The molecule has 3 unspecified atom stereocenters. The molecule has 3 rings (SSSR count). The zero-order valence-electron chi connectivity index (χ0n) is 13.6. The van der Waals surface area contributed by atoms with E-state index < -0.39 is 5.60 Å². The fourth-order valence-corrected chi connectivity index (χ4v) is 4.94. The van der Waals surface area contributed by atoms with E-state index in [1.54, 1.807) is 0 Å². The summed E-state index contributed by atoms with van der Waals surface area (Å²) >= 11 is 0. The lowest BCUT2D eigenvalue weighted by atomic mass is 9.63. The maximum absolute atomic E-state index is 11.2. The lowest BCUT2D eigenvalue weighted by Crippen LogP contribution is -2.43. The predicted octanol–water partition coefficient (Wildman–Crippen LogP) is 4.52. The fraction of sp³-hybridized carbons (Fsp3) is 0.684. The van der Waals surface area contributed by atoms with E-state index in [1.165, 1.54) is 12.0 Å². The Morgan fingerprint density at radius 3 is 2.76 bits per heavy atom. The molecule has 1 fully saturated rings. The molecule has 0 aromatic heterocycles. The monoisotopic (exact) mass is 288 g/mol. The third-order valence-electron chi connectivity index (χ3n) is 5.15. The number of para-hydroxylation sites is 1. The van der Waals surface area contributed by atoms with Crippen molar-refractivity contribution < 1.29 is 9.84 Å². The van der Waals surface area contributed by atoms with Crippen molar-refractivity contribution in [2.45, 2.75) is 64.4 Å². The smallest absolute Gasteiger partial charge is 0.122 e. The summed E-state index contributed by atoms with van der Waals surface area (Å²) in [6.45, 7) is 7.65. The molecule has 0 spiro atoms. The Balaban J connectivity index is 1.80. The highest BCUT2D eigenvalue weighted by molar-refractivity contribution is 5.38. The van der Waals surface area contributed by atoms with Gasteiger partial charge >= 0.3 is 0 Å². The summed E-state index contributed by atoms with van der Waals surface area (Å²) in [6.07, 6.45) is 4.98. The summed E-state index contributed by atoms with van der Waals surface area (Å²) in [5.41, 5.74) is 1.01. The molecular formula is C19H28O2. The van der Waals surface area contributed by atoms with Gasteiger partial charge in [-0.15, -0.1) is 0 Å². The summed E-state index contributed by atoms with van der Waals surface area (Å²) in [6, 6.07) is 8.33. The van der Waals surface area contributed by atoms with Crippen molar-refractivity contribution in [2.24, 2.45) is 11.3 Å². The molecule has 0 saturated heterocycles. The topological polar surface area (TPSA) is 29.5 Å². The molecule has 1 aromatic carbocycles.